The second-order valence-electron chi connectivity index (χ2n) is 3.14. The smallest absolute Gasteiger partial charge is 0.316 e. The number of halogens is 6. The van der Waals surface area contributed by atoms with Crippen molar-refractivity contribution in [2.24, 2.45) is 5.73 Å². The first kappa shape index (κ1) is 12.8. The second kappa shape index (κ2) is 3.97. The Morgan fingerprint density at radius 2 is 1.31 bits per heavy atom. The molecule has 0 bridgehead atoms. The molecule has 1 aromatic rings. The molecule has 0 spiro atoms. The third kappa shape index (κ3) is 2.88. The molecule has 1 aromatic carbocycles. The zero-order valence-corrected chi connectivity index (χ0v) is 7.73. The molecule has 1 rings (SSSR count). The number of hydrogen-bond donors (Lipinski definition) is 1. The van der Waals surface area contributed by atoms with Crippen LogP contribution in [-0.2, 0) is 6.18 Å². The van der Waals surface area contributed by atoms with Gasteiger partial charge in [-0.1, -0.05) is 12.1 Å². The largest absolute Gasteiger partial charge is 0.416 e. The van der Waals surface area contributed by atoms with Crippen LogP contribution < -0.4 is 5.73 Å². The molecule has 0 fully saturated rings. The Kier molecular flexibility index (Phi) is 3.18. The van der Waals surface area contributed by atoms with E-state index < -0.39 is 29.5 Å². The monoisotopic (exact) mass is 243 g/mol. The standard InChI is InChI=1S/C9H7F6N/c10-8(11,12)6-3-1-5(2-4-6)7(16)9(13,14)15/h1-4,7H,16H2. The zero-order valence-electron chi connectivity index (χ0n) is 7.73. The molecule has 0 heterocycles. The van der Waals surface area contributed by atoms with Gasteiger partial charge in [-0.3, -0.25) is 0 Å². The highest BCUT2D eigenvalue weighted by Crippen LogP contribution is 2.33. The summed E-state index contributed by atoms with van der Waals surface area (Å²) >= 11 is 0. The van der Waals surface area contributed by atoms with E-state index in [1.807, 2.05) is 0 Å². The van der Waals surface area contributed by atoms with Gasteiger partial charge in [-0.2, -0.15) is 26.3 Å². The molecule has 0 aliphatic carbocycles. The Labute approximate surface area is 86.9 Å². The van der Waals surface area contributed by atoms with Crippen LogP contribution in [0.3, 0.4) is 0 Å². The highest BCUT2D eigenvalue weighted by Gasteiger charge is 2.38. The maximum absolute atomic E-state index is 12.1. The Hall–Kier alpha value is -1.24. The Morgan fingerprint density at radius 1 is 0.875 bits per heavy atom. The minimum atomic E-state index is -4.67. The van der Waals surface area contributed by atoms with Gasteiger partial charge < -0.3 is 5.73 Å². The van der Waals surface area contributed by atoms with E-state index in [1.165, 1.54) is 0 Å². The van der Waals surface area contributed by atoms with E-state index in [4.69, 9.17) is 5.73 Å². The average Bonchev–Trinajstić information content (AvgIpc) is 2.14. The first-order valence-electron chi connectivity index (χ1n) is 4.12. The molecule has 0 aliphatic rings. The van der Waals surface area contributed by atoms with Gasteiger partial charge in [0.15, 0.2) is 0 Å². The lowest BCUT2D eigenvalue weighted by atomic mass is 10.1. The van der Waals surface area contributed by atoms with Gasteiger partial charge in [0.2, 0.25) is 0 Å². The molecule has 0 saturated carbocycles. The van der Waals surface area contributed by atoms with Crippen LogP contribution in [-0.4, -0.2) is 6.18 Å². The molecule has 90 valence electrons. The maximum Gasteiger partial charge on any atom is 0.416 e. The van der Waals surface area contributed by atoms with Crippen molar-refractivity contribution in [1.29, 1.82) is 0 Å². The molecular formula is C9H7F6N. The minimum absolute atomic E-state index is 0.402. The van der Waals surface area contributed by atoms with Gasteiger partial charge in [0.1, 0.15) is 6.04 Å². The highest BCUT2D eigenvalue weighted by molar-refractivity contribution is 5.27. The minimum Gasteiger partial charge on any atom is -0.316 e. The summed E-state index contributed by atoms with van der Waals surface area (Å²) in [6, 6.07) is 0.318. The lowest BCUT2D eigenvalue weighted by Gasteiger charge is -2.16. The van der Waals surface area contributed by atoms with Crippen molar-refractivity contribution in [2.45, 2.75) is 18.4 Å². The van der Waals surface area contributed by atoms with E-state index >= 15 is 0 Å². The summed E-state index contributed by atoms with van der Waals surface area (Å²) in [6.45, 7) is 0. The van der Waals surface area contributed by atoms with Crippen LogP contribution in [0.5, 0.6) is 0 Å². The van der Waals surface area contributed by atoms with Crippen LogP contribution in [0.4, 0.5) is 26.3 Å². The summed E-state index contributed by atoms with van der Waals surface area (Å²) in [5.74, 6) is 0. The molecule has 1 unspecified atom stereocenters. The molecule has 2 N–H and O–H groups in total. The van der Waals surface area contributed by atoms with Crippen LogP contribution in [0.1, 0.15) is 17.2 Å². The number of hydrogen-bond acceptors (Lipinski definition) is 1. The van der Waals surface area contributed by atoms with Crippen molar-refractivity contribution in [3.63, 3.8) is 0 Å². The van der Waals surface area contributed by atoms with Gasteiger partial charge >= 0.3 is 12.4 Å². The van der Waals surface area contributed by atoms with E-state index in [9.17, 15) is 26.3 Å². The van der Waals surface area contributed by atoms with Gasteiger partial charge in [-0.15, -0.1) is 0 Å². The van der Waals surface area contributed by atoms with E-state index in [0.717, 1.165) is 12.1 Å². The molecule has 1 atom stereocenters. The third-order valence-corrected chi connectivity index (χ3v) is 1.95. The van der Waals surface area contributed by atoms with Gasteiger partial charge in [-0.05, 0) is 17.7 Å². The van der Waals surface area contributed by atoms with Crippen LogP contribution >= 0.6 is 0 Å². The molecule has 0 radical (unpaired) electrons. The fraction of sp³-hybridized carbons (Fsp3) is 0.333. The fourth-order valence-electron chi connectivity index (χ4n) is 1.07. The predicted octanol–water partition coefficient (Wildman–Crippen LogP) is 3.27. The number of alkyl halides is 6. The van der Waals surface area contributed by atoms with Gasteiger partial charge in [0, 0.05) is 0 Å². The third-order valence-electron chi connectivity index (χ3n) is 1.95. The van der Waals surface area contributed by atoms with E-state index in [0.29, 0.717) is 12.1 Å². The lowest BCUT2D eigenvalue weighted by Crippen LogP contribution is -2.28. The van der Waals surface area contributed by atoms with Crippen LogP contribution in [0.2, 0.25) is 0 Å². The molecule has 1 nitrogen and oxygen atoms in total. The molecule has 7 heteroatoms. The normalized spacial score (nSPS) is 14.9. The SMILES string of the molecule is NC(c1ccc(C(F)(F)F)cc1)C(F)(F)F. The summed E-state index contributed by atoms with van der Waals surface area (Å²) in [6.07, 6.45) is -9.24. The number of rotatable bonds is 1. The molecular weight excluding hydrogens is 236 g/mol. The number of nitrogens with two attached hydrogens (primary N) is 1. The van der Waals surface area contributed by atoms with Gasteiger partial charge in [-0.25, -0.2) is 0 Å². The van der Waals surface area contributed by atoms with Crippen molar-refractivity contribution in [3.8, 4) is 0 Å². The average molecular weight is 243 g/mol. The molecule has 0 saturated heterocycles. The van der Waals surface area contributed by atoms with Crippen LogP contribution in [0, 0.1) is 0 Å². The predicted molar refractivity (Wildman–Crippen MR) is 44.4 cm³/mol. The summed E-state index contributed by atoms with van der Waals surface area (Å²) < 4.78 is 72.7. The van der Waals surface area contributed by atoms with Crippen molar-refractivity contribution in [2.75, 3.05) is 0 Å². The molecule has 0 aromatic heterocycles. The topological polar surface area (TPSA) is 26.0 Å². The van der Waals surface area contributed by atoms with E-state index in [1.54, 1.807) is 0 Å². The van der Waals surface area contributed by atoms with Crippen molar-refractivity contribution < 1.29 is 26.3 Å². The van der Waals surface area contributed by atoms with E-state index in [-0.39, 0.29) is 0 Å². The van der Waals surface area contributed by atoms with Crippen LogP contribution in [0.15, 0.2) is 24.3 Å². The Balaban J connectivity index is 2.96. The number of benzene rings is 1. The Bertz CT molecular complexity index is 350. The molecule has 0 amide bonds. The van der Waals surface area contributed by atoms with Crippen LogP contribution in [0.25, 0.3) is 0 Å². The van der Waals surface area contributed by atoms with Crippen molar-refractivity contribution >= 4 is 0 Å². The maximum atomic E-state index is 12.1. The van der Waals surface area contributed by atoms with E-state index in [2.05, 4.69) is 0 Å². The fourth-order valence-corrected chi connectivity index (χ4v) is 1.07. The van der Waals surface area contributed by atoms with Gasteiger partial charge in [0.05, 0.1) is 5.56 Å². The van der Waals surface area contributed by atoms with Crippen molar-refractivity contribution in [1.82, 2.24) is 0 Å². The lowest BCUT2D eigenvalue weighted by molar-refractivity contribution is -0.149. The summed E-state index contributed by atoms with van der Waals surface area (Å²) in [5, 5.41) is 0. The zero-order chi connectivity index (χ0) is 12.6. The summed E-state index contributed by atoms with van der Waals surface area (Å²) in [5.41, 5.74) is 3.41. The first-order chi connectivity index (χ1) is 7.12. The molecule has 16 heavy (non-hydrogen) atoms. The summed E-state index contributed by atoms with van der Waals surface area (Å²) in [7, 11) is 0. The molecule has 0 aliphatic heterocycles. The van der Waals surface area contributed by atoms with Crippen molar-refractivity contribution in [3.05, 3.63) is 35.4 Å². The van der Waals surface area contributed by atoms with Gasteiger partial charge in [0.25, 0.3) is 0 Å². The highest BCUT2D eigenvalue weighted by atomic mass is 19.4. The first-order valence-corrected chi connectivity index (χ1v) is 4.12. The summed E-state index contributed by atoms with van der Waals surface area (Å²) in [4.78, 5) is 0. The Morgan fingerprint density at radius 3 is 1.62 bits per heavy atom. The second-order valence-corrected chi connectivity index (χ2v) is 3.14. The quantitative estimate of drug-likeness (QED) is 0.752.